The first-order chi connectivity index (χ1) is 8.84. The molecule has 92 valence electrons. The van der Waals surface area contributed by atoms with Crippen LogP contribution in [0.5, 0.6) is 0 Å². The lowest BCUT2D eigenvalue weighted by molar-refractivity contribution is 0.669. The molecule has 0 aliphatic carbocycles. The third-order valence-corrected chi connectivity index (χ3v) is 3.66. The Labute approximate surface area is 109 Å². The van der Waals surface area contributed by atoms with Crippen molar-refractivity contribution in [3.8, 4) is 0 Å². The van der Waals surface area contributed by atoms with E-state index in [1.165, 1.54) is 5.69 Å². The van der Waals surface area contributed by atoms with Crippen LogP contribution in [0.3, 0.4) is 0 Å². The second-order valence-corrected chi connectivity index (χ2v) is 5.08. The van der Waals surface area contributed by atoms with E-state index in [4.69, 9.17) is 0 Å². The van der Waals surface area contributed by atoms with E-state index in [0.717, 1.165) is 29.4 Å². The highest BCUT2D eigenvalue weighted by Crippen LogP contribution is 2.11. The summed E-state index contributed by atoms with van der Waals surface area (Å²) in [6.45, 7) is 3.65. The number of hydrogen-bond donors (Lipinski definition) is 1. The third kappa shape index (κ3) is 2.14. The van der Waals surface area contributed by atoms with Crippen molar-refractivity contribution in [2.75, 3.05) is 0 Å². The van der Waals surface area contributed by atoms with Crippen LogP contribution in [0.4, 0.5) is 0 Å². The Hall–Kier alpha value is -1.72. The van der Waals surface area contributed by atoms with Crippen molar-refractivity contribution in [2.45, 2.75) is 20.0 Å². The summed E-state index contributed by atoms with van der Waals surface area (Å²) in [7, 11) is 0. The van der Waals surface area contributed by atoms with Crippen LogP contribution in [-0.2, 0) is 13.1 Å². The van der Waals surface area contributed by atoms with E-state index in [2.05, 4.69) is 25.9 Å². The van der Waals surface area contributed by atoms with Crippen molar-refractivity contribution in [2.24, 2.45) is 0 Å². The molecule has 0 amide bonds. The number of nitrogens with one attached hydrogen (secondary N) is 1. The summed E-state index contributed by atoms with van der Waals surface area (Å²) in [5.41, 5.74) is 3.29. The van der Waals surface area contributed by atoms with Crippen molar-refractivity contribution in [1.29, 1.82) is 0 Å². The lowest BCUT2D eigenvalue weighted by atomic mass is 10.3. The van der Waals surface area contributed by atoms with E-state index in [0.29, 0.717) is 0 Å². The average molecular weight is 258 g/mol. The molecule has 0 atom stereocenters. The van der Waals surface area contributed by atoms with Crippen molar-refractivity contribution in [3.05, 3.63) is 52.4 Å². The predicted octanol–water partition coefficient (Wildman–Crippen LogP) is 2.39. The van der Waals surface area contributed by atoms with Gasteiger partial charge in [-0.05, 0) is 19.1 Å². The monoisotopic (exact) mass is 258 g/mol. The Balaban J connectivity index is 1.76. The molecule has 18 heavy (non-hydrogen) atoms. The lowest BCUT2D eigenvalue weighted by Crippen LogP contribution is -2.14. The summed E-state index contributed by atoms with van der Waals surface area (Å²) in [4.78, 5) is 8.79. The van der Waals surface area contributed by atoms with Gasteiger partial charge in [-0.15, -0.1) is 11.3 Å². The van der Waals surface area contributed by atoms with Crippen molar-refractivity contribution in [1.82, 2.24) is 19.7 Å². The number of aromatic nitrogens is 3. The van der Waals surface area contributed by atoms with Crippen molar-refractivity contribution in [3.63, 3.8) is 0 Å². The van der Waals surface area contributed by atoms with Crippen LogP contribution in [0.1, 0.15) is 16.4 Å². The zero-order valence-electron chi connectivity index (χ0n) is 10.1. The standard InChI is InChI=1S/C13H14N4S/c1-10-11(8-14-9-13-15-5-7-18-13)17-6-3-2-4-12(17)16-10/h2-7,14H,8-9H2,1H3. The molecular weight excluding hydrogens is 244 g/mol. The normalized spacial score (nSPS) is 11.2. The number of fused-ring (bicyclic) bond motifs is 1. The molecule has 1 N–H and O–H groups in total. The Morgan fingerprint density at radius 3 is 3.11 bits per heavy atom. The summed E-state index contributed by atoms with van der Waals surface area (Å²) < 4.78 is 2.13. The highest BCUT2D eigenvalue weighted by Gasteiger charge is 2.07. The minimum Gasteiger partial charge on any atom is -0.305 e. The molecule has 0 unspecified atom stereocenters. The number of rotatable bonds is 4. The maximum atomic E-state index is 4.54. The predicted molar refractivity (Wildman–Crippen MR) is 72.6 cm³/mol. The topological polar surface area (TPSA) is 42.2 Å². The smallest absolute Gasteiger partial charge is 0.137 e. The molecule has 0 aromatic carbocycles. The van der Waals surface area contributed by atoms with Gasteiger partial charge in [0, 0.05) is 30.9 Å². The minimum atomic E-state index is 0.802. The van der Waals surface area contributed by atoms with Gasteiger partial charge in [-0.1, -0.05) is 6.07 Å². The Morgan fingerprint density at radius 2 is 2.28 bits per heavy atom. The van der Waals surface area contributed by atoms with Crippen molar-refractivity contribution < 1.29 is 0 Å². The van der Waals surface area contributed by atoms with Gasteiger partial charge < -0.3 is 9.72 Å². The second-order valence-electron chi connectivity index (χ2n) is 4.10. The van der Waals surface area contributed by atoms with E-state index < -0.39 is 0 Å². The highest BCUT2D eigenvalue weighted by molar-refractivity contribution is 7.09. The van der Waals surface area contributed by atoms with Gasteiger partial charge in [-0.2, -0.15) is 0 Å². The fraction of sp³-hybridized carbons (Fsp3) is 0.231. The first-order valence-electron chi connectivity index (χ1n) is 5.86. The van der Waals surface area contributed by atoms with Gasteiger partial charge in [0.25, 0.3) is 0 Å². The highest BCUT2D eigenvalue weighted by atomic mass is 32.1. The summed E-state index contributed by atoms with van der Waals surface area (Å²) >= 11 is 1.67. The minimum absolute atomic E-state index is 0.802. The zero-order chi connectivity index (χ0) is 12.4. The largest absolute Gasteiger partial charge is 0.305 e. The third-order valence-electron chi connectivity index (χ3n) is 2.88. The summed E-state index contributed by atoms with van der Waals surface area (Å²) in [6, 6.07) is 6.06. The second kappa shape index (κ2) is 4.88. The van der Waals surface area contributed by atoms with Gasteiger partial charge in [-0.25, -0.2) is 9.97 Å². The van der Waals surface area contributed by atoms with Crippen LogP contribution in [0.25, 0.3) is 5.65 Å². The van der Waals surface area contributed by atoms with Gasteiger partial charge in [-0.3, -0.25) is 0 Å². The lowest BCUT2D eigenvalue weighted by Gasteiger charge is -2.04. The van der Waals surface area contributed by atoms with Crippen LogP contribution in [-0.4, -0.2) is 14.4 Å². The average Bonchev–Trinajstić information content (AvgIpc) is 2.98. The van der Waals surface area contributed by atoms with Gasteiger partial charge >= 0.3 is 0 Å². The molecule has 4 nitrogen and oxygen atoms in total. The molecule has 0 bridgehead atoms. The maximum Gasteiger partial charge on any atom is 0.137 e. The quantitative estimate of drug-likeness (QED) is 0.781. The van der Waals surface area contributed by atoms with Crippen LogP contribution in [0.2, 0.25) is 0 Å². The van der Waals surface area contributed by atoms with E-state index in [-0.39, 0.29) is 0 Å². The van der Waals surface area contributed by atoms with Crippen LogP contribution in [0.15, 0.2) is 36.0 Å². The molecule has 5 heteroatoms. The van der Waals surface area contributed by atoms with Crippen molar-refractivity contribution >= 4 is 17.0 Å². The summed E-state index contributed by atoms with van der Waals surface area (Å²) in [6.07, 6.45) is 3.89. The van der Waals surface area contributed by atoms with Gasteiger partial charge in [0.05, 0.1) is 11.4 Å². The van der Waals surface area contributed by atoms with Gasteiger partial charge in [0.15, 0.2) is 0 Å². The summed E-state index contributed by atoms with van der Waals surface area (Å²) in [5, 5.41) is 6.52. The fourth-order valence-electron chi connectivity index (χ4n) is 2.01. The van der Waals surface area contributed by atoms with Crippen LogP contribution in [0, 0.1) is 6.92 Å². The number of pyridine rings is 1. The molecule has 3 aromatic heterocycles. The maximum absolute atomic E-state index is 4.54. The number of nitrogens with zero attached hydrogens (tertiary/aromatic N) is 3. The molecule has 3 rings (SSSR count). The molecule has 3 heterocycles. The number of thiazole rings is 1. The molecule has 0 radical (unpaired) electrons. The van der Waals surface area contributed by atoms with E-state index in [1.54, 1.807) is 11.3 Å². The Morgan fingerprint density at radius 1 is 1.33 bits per heavy atom. The SMILES string of the molecule is Cc1nc2ccccn2c1CNCc1nccs1. The molecule has 0 fully saturated rings. The first kappa shape index (κ1) is 11.4. The fourth-order valence-corrected chi connectivity index (χ4v) is 2.59. The number of hydrogen-bond acceptors (Lipinski definition) is 4. The molecule has 3 aromatic rings. The number of aryl methyl sites for hydroxylation is 1. The van der Waals surface area contributed by atoms with Gasteiger partial charge in [0.2, 0.25) is 0 Å². The number of imidazole rings is 1. The van der Waals surface area contributed by atoms with E-state index >= 15 is 0 Å². The van der Waals surface area contributed by atoms with Crippen LogP contribution < -0.4 is 5.32 Å². The molecule has 0 aliphatic rings. The molecular formula is C13H14N4S. The zero-order valence-corrected chi connectivity index (χ0v) is 10.9. The van der Waals surface area contributed by atoms with Crippen LogP contribution >= 0.6 is 11.3 Å². The Kier molecular flexibility index (Phi) is 3.08. The van der Waals surface area contributed by atoms with E-state index in [9.17, 15) is 0 Å². The Bertz CT molecular complexity index is 642. The molecule has 0 saturated heterocycles. The van der Waals surface area contributed by atoms with E-state index in [1.807, 2.05) is 36.7 Å². The molecule has 0 spiro atoms. The molecule has 0 saturated carbocycles. The molecule has 0 aliphatic heterocycles. The first-order valence-corrected chi connectivity index (χ1v) is 6.74. The summed E-state index contributed by atoms with van der Waals surface area (Å²) in [5.74, 6) is 0. The van der Waals surface area contributed by atoms with Gasteiger partial charge in [0.1, 0.15) is 10.7 Å².